The number of nitrogens with one attached hydrogen (secondary N) is 2. The molecule has 1 aromatic rings. The topological polar surface area (TPSA) is 118 Å². The molecule has 1 rings (SSSR count). The van der Waals surface area contributed by atoms with Gasteiger partial charge in [-0.2, -0.15) is 0 Å². The van der Waals surface area contributed by atoms with Crippen LogP contribution in [0.1, 0.15) is 24.2 Å². The van der Waals surface area contributed by atoms with Crippen LogP contribution in [0.4, 0.5) is 10.5 Å². The predicted octanol–water partition coefficient (Wildman–Crippen LogP) is 1.92. The summed E-state index contributed by atoms with van der Waals surface area (Å²) in [6.45, 7) is 3.73. The molecule has 9 heteroatoms. The molecule has 0 aliphatic carbocycles. The number of hydrogen-bond acceptors (Lipinski definition) is 6. The summed E-state index contributed by atoms with van der Waals surface area (Å²) in [5.41, 5.74) is 0.746. The Bertz CT molecular complexity index is 571. The van der Waals surface area contributed by atoms with Crippen LogP contribution in [0.3, 0.4) is 0 Å². The second kappa shape index (κ2) is 9.87. The van der Waals surface area contributed by atoms with Crippen LogP contribution in [-0.4, -0.2) is 37.7 Å². The van der Waals surface area contributed by atoms with Crippen LogP contribution >= 0.6 is 0 Å². The second-order valence-corrected chi connectivity index (χ2v) is 4.09. The molecule has 1 aromatic carbocycles. The van der Waals surface area contributed by atoms with Crippen LogP contribution < -0.4 is 10.6 Å². The molecular formula is C14H18N4O5. The van der Waals surface area contributed by atoms with Gasteiger partial charge < -0.3 is 20.2 Å². The molecule has 3 amide bonds. The fraction of sp³-hybridized carbons (Fsp3) is 0.357. The molecule has 0 saturated heterocycles. The first-order chi connectivity index (χ1) is 11.1. The fourth-order valence-electron chi connectivity index (χ4n) is 1.42. The zero-order valence-corrected chi connectivity index (χ0v) is 12.9. The van der Waals surface area contributed by atoms with Gasteiger partial charge in [0.15, 0.2) is 0 Å². The van der Waals surface area contributed by atoms with Crippen molar-refractivity contribution in [2.75, 3.05) is 25.1 Å². The summed E-state index contributed by atoms with van der Waals surface area (Å²) >= 11 is 0. The molecule has 0 spiro atoms. The normalized spacial score (nSPS) is 10.2. The van der Waals surface area contributed by atoms with Crippen LogP contribution in [0.5, 0.6) is 0 Å². The molecule has 0 atom stereocenters. The number of esters is 1. The van der Waals surface area contributed by atoms with Gasteiger partial charge in [0, 0.05) is 16.5 Å². The number of nitrogens with zero attached hydrogens (tertiary/aromatic N) is 2. The van der Waals surface area contributed by atoms with Gasteiger partial charge in [-0.05, 0) is 38.1 Å². The van der Waals surface area contributed by atoms with Crippen molar-refractivity contribution in [1.29, 1.82) is 0 Å². The number of carbonyl (C=O) groups is 3. The average Bonchev–Trinajstić information content (AvgIpc) is 2.54. The summed E-state index contributed by atoms with van der Waals surface area (Å²) < 4.78 is 4.68. The average molecular weight is 322 g/mol. The van der Waals surface area contributed by atoms with Crippen LogP contribution in [-0.2, 0) is 14.4 Å². The summed E-state index contributed by atoms with van der Waals surface area (Å²) in [6, 6.07) is 5.44. The van der Waals surface area contributed by atoms with E-state index in [2.05, 4.69) is 30.6 Å². The molecule has 2 N–H and O–H groups in total. The Morgan fingerprint density at radius 2 is 1.78 bits per heavy atom. The van der Waals surface area contributed by atoms with Crippen LogP contribution in [0.15, 0.2) is 34.7 Å². The molecule has 0 saturated carbocycles. The molecule has 124 valence electrons. The Morgan fingerprint density at radius 3 is 2.39 bits per heavy atom. The van der Waals surface area contributed by atoms with Gasteiger partial charge in [-0.1, -0.05) is 5.11 Å². The van der Waals surface area contributed by atoms with Crippen LogP contribution in [0, 0.1) is 0 Å². The molecule has 0 unspecified atom stereocenters. The van der Waals surface area contributed by atoms with Gasteiger partial charge in [0.1, 0.15) is 13.2 Å². The van der Waals surface area contributed by atoms with E-state index in [4.69, 9.17) is 0 Å². The summed E-state index contributed by atoms with van der Waals surface area (Å²) in [4.78, 5) is 38.9. The van der Waals surface area contributed by atoms with E-state index in [-0.39, 0.29) is 13.2 Å². The molecule has 0 bridgehead atoms. The highest BCUT2D eigenvalue weighted by molar-refractivity contribution is 5.96. The maximum Gasteiger partial charge on any atom is 0.325 e. The Hall–Kier alpha value is -2.97. The van der Waals surface area contributed by atoms with Crippen molar-refractivity contribution in [1.82, 2.24) is 5.32 Å². The van der Waals surface area contributed by atoms with Crippen molar-refractivity contribution in [3.05, 3.63) is 29.8 Å². The maximum atomic E-state index is 11.6. The van der Waals surface area contributed by atoms with E-state index in [9.17, 15) is 14.4 Å². The minimum absolute atomic E-state index is 0.228. The van der Waals surface area contributed by atoms with Crippen molar-refractivity contribution in [2.24, 2.45) is 10.4 Å². The first kappa shape index (κ1) is 18.1. The first-order valence-electron chi connectivity index (χ1n) is 6.94. The number of benzene rings is 1. The largest absolute Gasteiger partial charge is 0.465 e. The number of rotatable bonds is 7. The summed E-state index contributed by atoms with van der Waals surface area (Å²) in [7, 11) is 0. The second-order valence-electron chi connectivity index (χ2n) is 4.09. The quantitative estimate of drug-likeness (QED) is 0.451. The van der Waals surface area contributed by atoms with Crippen molar-refractivity contribution in [3.63, 3.8) is 0 Å². The SMILES string of the molecule is CCON=NC(=O)c1ccc(NC(=O)NCC(=O)OCC)cc1. The van der Waals surface area contributed by atoms with Gasteiger partial charge in [-0.15, -0.1) is 0 Å². The van der Waals surface area contributed by atoms with Gasteiger partial charge in [0.25, 0.3) is 5.91 Å². The fourth-order valence-corrected chi connectivity index (χ4v) is 1.42. The lowest BCUT2D eigenvalue weighted by Crippen LogP contribution is -2.34. The Labute approximate surface area is 133 Å². The lowest BCUT2D eigenvalue weighted by Gasteiger charge is -2.07. The number of urea groups is 1. The maximum absolute atomic E-state index is 11.6. The molecule has 0 heterocycles. The monoisotopic (exact) mass is 322 g/mol. The zero-order valence-electron chi connectivity index (χ0n) is 12.9. The van der Waals surface area contributed by atoms with E-state index >= 15 is 0 Å². The van der Waals surface area contributed by atoms with Crippen LogP contribution in [0.2, 0.25) is 0 Å². The van der Waals surface area contributed by atoms with E-state index in [1.807, 2.05) is 0 Å². The van der Waals surface area contributed by atoms with Gasteiger partial charge in [-0.25, -0.2) is 4.79 Å². The number of anilines is 1. The summed E-state index contributed by atoms with van der Waals surface area (Å²) in [5.74, 6) is -1.08. The van der Waals surface area contributed by atoms with Gasteiger partial charge in [-0.3, -0.25) is 9.59 Å². The summed E-state index contributed by atoms with van der Waals surface area (Å²) in [5, 5.41) is 11.5. The molecule has 0 fully saturated rings. The van der Waals surface area contributed by atoms with Gasteiger partial charge in [0.2, 0.25) is 0 Å². The molecule has 0 aliphatic rings. The van der Waals surface area contributed by atoms with E-state index in [1.54, 1.807) is 13.8 Å². The Morgan fingerprint density at radius 1 is 1.09 bits per heavy atom. The van der Waals surface area contributed by atoms with E-state index in [0.29, 0.717) is 17.9 Å². The molecule has 9 nitrogen and oxygen atoms in total. The van der Waals surface area contributed by atoms with Crippen molar-refractivity contribution >= 4 is 23.6 Å². The van der Waals surface area contributed by atoms with Crippen molar-refractivity contribution < 1.29 is 24.0 Å². The van der Waals surface area contributed by atoms with E-state index < -0.39 is 17.9 Å². The molecule has 0 radical (unpaired) electrons. The van der Waals surface area contributed by atoms with Crippen LogP contribution in [0.25, 0.3) is 0 Å². The Kier molecular flexibility index (Phi) is 7.76. The van der Waals surface area contributed by atoms with Crippen molar-refractivity contribution in [2.45, 2.75) is 13.8 Å². The number of amides is 3. The summed E-state index contributed by atoms with van der Waals surface area (Å²) in [6.07, 6.45) is 0. The van der Waals surface area contributed by atoms with Gasteiger partial charge in [0.05, 0.1) is 6.61 Å². The van der Waals surface area contributed by atoms with Gasteiger partial charge >= 0.3 is 12.0 Å². The first-order valence-corrected chi connectivity index (χ1v) is 6.94. The highest BCUT2D eigenvalue weighted by Crippen LogP contribution is 2.10. The molecule has 0 aromatic heterocycles. The van der Waals surface area contributed by atoms with E-state index in [0.717, 1.165) is 0 Å². The third-order valence-corrected chi connectivity index (χ3v) is 2.41. The molecule has 23 heavy (non-hydrogen) atoms. The lowest BCUT2D eigenvalue weighted by molar-refractivity contribution is -0.141. The standard InChI is InChI=1S/C14H18N4O5/c1-3-22-12(19)9-15-14(21)16-11-7-5-10(6-8-11)13(20)17-18-23-4-2/h5-8H,3-4,9H2,1-2H3,(H2,15,16,21). The third kappa shape index (κ3) is 7.02. The number of ether oxygens (including phenoxy) is 1. The lowest BCUT2D eigenvalue weighted by atomic mass is 10.2. The molecular weight excluding hydrogens is 304 g/mol. The smallest absolute Gasteiger partial charge is 0.325 e. The minimum atomic E-state index is -0.562. The molecule has 0 aliphatic heterocycles. The zero-order chi connectivity index (χ0) is 17.1. The minimum Gasteiger partial charge on any atom is -0.465 e. The highest BCUT2D eigenvalue weighted by Gasteiger charge is 2.08. The highest BCUT2D eigenvalue weighted by atomic mass is 16.6. The Balaban J connectivity index is 2.48. The van der Waals surface area contributed by atoms with Crippen molar-refractivity contribution in [3.8, 4) is 0 Å². The number of carbonyl (C=O) groups excluding carboxylic acids is 3. The predicted molar refractivity (Wildman–Crippen MR) is 80.9 cm³/mol. The number of hydrogen-bond donors (Lipinski definition) is 2. The third-order valence-electron chi connectivity index (χ3n) is 2.41. The van der Waals surface area contributed by atoms with E-state index in [1.165, 1.54) is 24.3 Å².